The maximum absolute atomic E-state index is 10.4. The fourth-order valence-electron chi connectivity index (χ4n) is 1.42. The molecule has 0 saturated carbocycles. The van der Waals surface area contributed by atoms with Crippen molar-refractivity contribution < 1.29 is 9.90 Å². The van der Waals surface area contributed by atoms with Crippen LogP contribution < -0.4 is 5.32 Å². The van der Waals surface area contributed by atoms with E-state index in [2.05, 4.69) is 10.3 Å². The molecule has 5 heteroatoms. The summed E-state index contributed by atoms with van der Waals surface area (Å²) in [6.45, 7) is 0. The van der Waals surface area contributed by atoms with Crippen LogP contribution in [0.25, 0.3) is 10.9 Å². The molecule has 5 nitrogen and oxygen atoms in total. The Hall–Kier alpha value is -2.48. The van der Waals surface area contributed by atoms with Gasteiger partial charge in [0.25, 0.3) is 0 Å². The summed E-state index contributed by atoms with van der Waals surface area (Å²) in [6.07, 6.45) is 0.483. The molecule has 1 amide bonds. The molecule has 2 rings (SSSR count). The third-order valence-electron chi connectivity index (χ3n) is 2.05. The topological polar surface area (TPSA) is 88.9 Å². The largest absolute Gasteiger partial charge is 0.465 e. The summed E-state index contributed by atoms with van der Waals surface area (Å²) in [4.78, 5) is 13.3. The highest BCUT2D eigenvalue weighted by Gasteiger charge is 2.04. The van der Waals surface area contributed by atoms with Crippen molar-refractivity contribution >= 4 is 22.7 Å². The number of carboxylic acid groups (broad SMARTS) is 1. The van der Waals surface area contributed by atoms with Gasteiger partial charge in [-0.25, -0.2) is 4.79 Å². The molecule has 0 atom stereocenters. The zero-order valence-corrected chi connectivity index (χ0v) is 7.61. The highest BCUT2D eigenvalue weighted by atomic mass is 16.4. The van der Waals surface area contributed by atoms with Gasteiger partial charge in [0.1, 0.15) is 6.07 Å². The molecule has 3 N–H and O–H groups in total. The molecule has 0 unspecified atom stereocenters. The van der Waals surface area contributed by atoms with E-state index in [0.717, 1.165) is 10.9 Å². The monoisotopic (exact) mass is 201 g/mol. The number of nitrogens with one attached hydrogen (secondary N) is 2. The van der Waals surface area contributed by atoms with Crippen molar-refractivity contribution in [2.45, 2.75) is 0 Å². The minimum absolute atomic E-state index is 0.473. The fraction of sp³-hybridized carbons (Fsp3) is 0. The van der Waals surface area contributed by atoms with Crippen LogP contribution in [0.2, 0.25) is 0 Å². The molecular weight excluding hydrogens is 194 g/mol. The Balaban J connectivity index is 2.49. The molecule has 0 aliphatic heterocycles. The van der Waals surface area contributed by atoms with E-state index in [1.807, 2.05) is 6.07 Å². The number of amides is 1. The van der Waals surface area contributed by atoms with Crippen LogP contribution in [0.4, 0.5) is 10.5 Å². The Morgan fingerprint density at radius 2 is 2.33 bits per heavy atom. The van der Waals surface area contributed by atoms with Gasteiger partial charge in [0.2, 0.25) is 0 Å². The number of hydrogen-bond donors (Lipinski definition) is 3. The first-order chi connectivity index (χ1) is 7.20. The molecule has 0 saturated heterocycles. The second kappa shape index (κ2) is 3.35. The molecule has 1 heterocycles. The number of H-pyrrole nitrogens is 1. The van der Waals surface area contributed by atoms with Crippen molar-refractivity contribution in [3.05, 3.63) is 30.0 Å². The summed E-state index contributed by atoms with van der Waals surface area (Å²) >= 11 is 0. The van der Waals surface area contributed by atoms with Crippen LogP contribution in [0, 0.1) is 11.3 Å². The van der Waals surface area contributed by atoms with Gasteiger partial charge in [-0.05, 0) is 18.2 Å². The lowest BCUT2D eigenvalue weighted by molar-refractivity contribution is 0.210. The van der Waals surface area contributed by atoms with Crippen molar-refractivity contribution in [3.8, 4) is 6.07 Å². The molecule has 0 fully saturated rings. The van der Waals surface area contributed by atoms with Crippen LogP contribution in [0.15, 0.2) is 24.4 Å². The van der Waals surface area contributed by atoms with Crippen molar-refractivity contribution in [2.24, 2.45) is 0 Å². The van der Waals surface area contributed by atoms with Crippen molar-refractivity contribution in [2.75, 3.05) is 5.32 Å². The van der Waals surface area contributed by atoms with Gasteiger partial charge in [-0.1, -0.05) is 0 Å². The second-order valence-corrected chi connectivity index (χ2v) is 3.00. The van der Waals surface area contributed by atoms with Crippen molar-refractivity contribution in [3.63, 3.8) is 0 Å². The predicted molar refractivity (Wildman–Crippen MR) is 54.7 cm³/mol. The molecule has 2 aromatic rings. The summed E-state index contributed by atoms with van der Waals surface area (Å²) in [5.74, 6) is 0. The second-order valence-electron chi connectivity index (χ2n) is 3.00. The van der Waals surface area contributed by atoms with Crippen LogP contribution in [0.5, 0.6) is 0 Å². The minimum atomic E-state index is -1.11. The number of anilines is 1. The van der Waals surface area contributed by atoms with E-state index in [1.54, 1.807) is 24.4 Å². The molecule has 0 bridgehead atoms. The molecule has 0 aliphatic rings. The lowest BCUT2D eigenvalue weighted by Gasteiger charge is -1.99. The van der Waals surface area contributed by atoms with Gasteiger partial charge in [0.15, 0.2) is 0 Å². The molecule has 0 radical (unpaired) electrons. The molecule has 74 valence electrons. The number of benzene rings is 1. The zero-order chi connectivity index (χ0) is 10.8. The Kier molecular flexibility index (Phi) is 2.03. The number of hydrogen-bond acceptors (Lipinski definition) is 2. The predicted octanol–water partition coefficient (Wildman–Crippen LogP) is 2.13. The summed E-state index contributed by atoms with van der Waals surface area (Å²) in [7, 11) is 0. The highest BCUT2D eigenvalue weighted by Crippen LogP contribution is 2.21. The molecule has 15 heavy (non-hydrogen) atoms. The van der Waals surface area contributed by atoms with Gasteiger partial charge in [0.05, 0.1) is 5.56 Å². The van der Waals surface area contributed by atoms with E-state index >= 15 is 0 Å². The lowest BCUT2D eigenvalue weighted by atomic mass is 10.2. The van der Waals surface area contributed by atoms with E-state index in [-0.39, 0.29) is 0 Å². The molecule has 1 aromatic carbocycles. The van der Waals surface area contributed by atoms with E-state index in [0.29, 0.717) is 11.3 Å². The number of nitriles is 1. The van der Waals surface area contributed by atoms with Gasteiger partial charge >= 0.3 is 6.09 Å². The number of aromatic amines is 1. The number of carbonyl (C=O) groups is 1. The van der Waals surface area contributed by atoms with Crippen LogP contribution in [-0.2, 0) is 0 Å². The van der Waals surface area contributed by atoms with Crippen LogP contribution in [0.1, 0.15) is 5.56 Å². The number of rotatable bonds is 1. The molecule has 0 aliphatic carbocycles. The SMILES string of the molecule is N#Cc1c[nH]c2cc(NC(=O)O)ccc12. The van der Waals surface area contributed by atoms with Crippen LogP contribution in [-0.4, -0.2) is 16.2 Å². The minimum Gasteiger partial charge on any atom is -0.465 e. The summed E-state index contributed by atoms with van der Waals surface area (Å²) in [5, 5.41) is 20.3. The van der Waals surface area contributed by atoms with Crippen LogP contribution in [0.3, 0.4) is 0 Å². The van der Waals surface area contributed by atoms with Crippen molar-refractivity contribution in [1.29, 1.82) is 5.26 Å². The Labute approximate surface area is 85.0 Å². The van der Waals surface area contributed by atoms with Gasteiger partial charge in [-0.3, -0.25) is 5.32 Å². The third-order valence-corrected chi connectivity index (χ3v) is 2.05. The quantitative estimate of drug-likeness (QED) is 0.660. The normalized spacial score (nSPS) is 9.80. The van der Waals surface area contributed by atoms with E-state index in [4.69, 9.17) is 10.4 Å². The first kappa shape index (κ1) is 9.09. The molecule has 0 spiro atoms. The number of aromatic nitrogens is 1. The smallest absolute Gasteiger partial charge is 0.409 e. The Morgan fingerprint density at radius 3 is 3.00 bits per heavy atom. The molecular formula is C10H7N3O2. The van der Waals surface area contributed by atoms with Gasteiger partial charge in [-0.2, -0.15) is 5.26 Å². The zero-order valence-electron chi connectivity index (χ0n) is 7.61. The summed E-state index contributed by atoms with van der Waals surface area (Å²) in [5.41, 5.74) is 1.76. The highest BCUT2D eigenvalue weighted by molar-refractivity contribution is 5.91. The van der Waals surface area contributed by atoms with E-state index in [1.165, 1.54) is 0 Å². The Morgan fingerprint density at radius 1 is 1.53 bits per heavy atom. The van der Waals surface area contributed by atoms with Gasteiger partial charge < -0.3 is 10.1 Å². The van der Waals surface area contributed by atoms with Gasteiger partial charge in [0, 0.05) is 22.8 Å². The summed E-state index contributed by atoms with van der Waals surface area (Å²) in [6, 6.07) is 7.01. The maximum Gasteiger partial charge on any atom is 0.409 e. The fourth-order valence-corrected chi connectivity index (χ4v) is 1.42. The standard InChI is InChI=1S/C10H7N3O2/c11-4-6-5-12-9-3-7(13-10(14)15)1-2-8(6)9/h1-3,5,12-13H,(H,14,15). The first-order valence-corrected chi connectivity index (χ1v) is 4.22. The van der Waals surface area contributed by atoms with E-state index < -0.39 is 6.09 Å². The van der Waals surface area contributed by atoms with E-state index in [9.17, 15) is 4.79 Å². The first-order valence-electron chi connectivity index (χ1n) is 4.22. The average Bonchev–Trinajstić information content (AvgIpc) is 2.58. The molecule has 1 aromatic heterocycles. The maximum atomic E-state index is 10.4. The summed E-state index contributed by atoms with van der Waals surface area (Å²) < 4.78 is 0. The average molecular weight is 201 g/mol. The Bertz CT molecular complexity index is 566. The third kappa shape index (κ3) is 1.60. The number of nitrogens with zero attached hydrogens (tertiary/aromatic N) is 1. The number of fused-ring (bicyclic) bond motifs is 1. The van der Waals surface area contributed by atoms with Crippen LogP contribution >= 0.6 is 0 Å². The van der Waals surface area contributed by atoms with Gasteiger partial charge in [-0.15, -0.1) is 0 Å². The lowest BCUT2D eigenvalue weighted by Crippen LogP contribution is -2.06. The van der Waals surface area contributed by atoms with Crippen molar-refractivity contribution in [1.82, 2.24) is 4.98 Å².